The van der Waals surface area contributed by atoms with Gasteiger partial charge < -0.3 is 30.0 Å². The largest absolute Gasteiger partial charge is 0.488 e. The van der Waals surface area contributed by atoms with Crippen molar-refractivity contribution in [2.24, 2.45) is 5.92 Å². The molecule has 2 aromatic heterocycles. The number of carbonyl (C=O) groups excluding carboxylic acids is 1. The molecule has 2 heterocycles. The number of para-hydroxylation sites is 1. The Bertz CT molecular complexity index is 1410. The van der Waals surface area contributed by atoms with Gasteiger partial charge in [-0.25, -0.2) is 14.8 Å². The van der Waals surface area contributed by atoms with E-state index in [9.17, 15) is 4.79 Å². The van der Waals surface area contributed by atoms with Gasteiger partial charge in [0, 0.05) is 36.5 Å². The second-order valence-electron chi connectivity index (χ2n) is 10.2. The molecule has 1 amide bonds. The molecule has 0 radical (unpaired) electrons. The van der Waals surface area contributed by atoms with Crippen LogP contribution in [-0.4, -0.2) is 58.3 Å². The summed E-state index contributed by atoms with van der Waals surface area (Å²) >= 11 is 0. The number of anilines is 1. The van der Waals surface area contributed by atoms with Crippen LogP contribution >= 0.6 is 0 Å². The highest BCUT2D eigenvalue weighted by Gasteiger charge is 2.33. The van der Waals surface area contributed by atoms with Crippen molar-refractivity contribution in [3.05, 3.63) is 72.7 Å². The Hall–Kier alpha value is -4.11. The van der Waals surface area contributed by atoms with E-state index in [1.165, 1.54) is 6.33 Å². The van der Waals surface area contributed by atoms with E-state index in [0.717, 1.165) is 65.9 Å². The third-order valence-corrected chi connectivity index (χ3v) is 7.73. The van der Waals surface area contributed by atoms with E-state index in [4.69, 9.17) is 15.2 Å². The highest BCUT2D eigenvalue weighted by atomic mass is 16.5. The second-order valence-corrected chi connectivity index (χ2v) is 10.2. The third-order valence-electron chi connectivity index (χ3n) is 7.73. The summed E-state index contributed by atoms with van der Waals surface area (Å²) in [7, 11) is 0. The molecule has 1 aliphatic carbocycles. The summed E-state index contributed by atoms with van der Waals surface area (Å²) in [5.74, 6) is 1.60. The number of nitrogens with one attached hydrogen (secondary N) is 1. The van der Waals surface area contributed by atoms with Crippen LogP contribution in [0.5, 0.6) is 5.75 Å². The quantitative estimate of drug-likeness (QED) is 0.251. The van der Waals surface area contributed by atoms with Crippen LogP contribution in [0, 0.1) is 5.92 Å². The second kappa shape index (κ2) is 12.8. The molecule has 0 spiro atoms. The number of carbonyl (C=O) groups is 1. The summed E-state index contributed by atoms with van der Waals surface area (Å²) in [6.45, 7) is 8.32. The van der Waals surface area contributed by atoms with Crippen molar-refractivity contribution in [3.63, 3.8) is 0 Å². The van der Waals surface area contributed by atoms with Crippen molar-refractivity contribution >= 4 is 22.9 Å². The Morgan fingerprint density at radius 1 is 1.05 bits per heavy atom. The molecule has 1 fully saturated rings. The molecular formula is C31H38N6O3. The summed E-state index contributed by atoms with van der Waals surface area (Å²) in [4.78, 5) is 23.3. The van der Waals surface area contributed by atoms with Gasteiger partial charge in [-0.05, 0) is 43.5 Å². The van der Waals surface area contributed by atoms with E-state index >= 15 is 0 Å². The summed E-state index contributed by atoms with van der Waals surface area (Å²) in [5.41, 5.74) is 10.2. The smallest absolute Gasteiger partial charge is 0.407 e. The fourth-order valence-corrected chi connectivity index (χ4v) is 5.32. The maximum absolute atomic E-state index is 12.1. The Labute approximate surface area is 235 Å². The average Bonchev–Trinajstić information content (AvgIpc) is 3.34. The number of amides is 1. The molecule has 0 saturated heterocycles. The van der Waals surface area contributed by atoms with Crippen molar-refractivity contribution in [2.75, 3.05) is 38.5 Å². The lowest BCUT2D eigenvalue weighted by molar-refractivity contribution is 0.122. The first-order valence-electron chi connectivity index (χ1n) is 14.1. The molecule has 1 saturated carbocycles. The SMILES string of the molecule is CCN(CC)CCOC(=O)NCC1CC(n2cc(-c3ccccc3OCc3ccccc3)c3c(N)ncnc32)C1. The van der Waals surface area contributed by atoms with Gasteiger partial charge in [0.1, 0.15) is 36.8 Å². The van der Waals surface area contributed by atoms with Crippen LogP contribution in [0.3, 0.4) is 0 Å². The van der Waals surface area contributed by atoms with Gasteiger partial charge in [-0.15, -0.1) is 0 Å². The van der Waals surface area contributed by atoms with Gasteiger partial charge in [0.05, 0.1) is 5.39 Å². The first-order valence-corrected chi connectivity index (χ1v) is 14.1. The number of aromatic nitrogens is 3. The van der Waals surface area contributed by atoms with Crippen LogP contribution in [-0.2, 0) is 11.3 Å². The topological polar surface area (TPSA) is 108 Å². The average molecular weight is 543 g/mol. The number of hydrogen-bond acceptors (Lipinski definition) is 7. The van der Waals surface area contributed by atoms with Gasteiger partial charge >= 0.3 is 6.09 Å². The monoisotopic (exact) mass is 542 g/mol. The zero-order valence-corrected chi connectivity index (χ0v) is 23.3. The van der Waals surface area contributed by atoms with Crippen LogP contribution in [0.15, 0.2) is 67.1 Å². The maximum atomic E-state index is 12.1. The molecule has 0 aliphatic heterocycles. The van der Waals surface area contributed by atoms with Crippen molar-refractivity contribution in [3.8, 4) is 16.9 Å². The number of nitrogen functional groups attached to an aromatic ring is 1. The minimum atomic E-state index is -0.350. The van der Waals surface area contributed by atoms with Crippen LogP contribution in [0.2, 0.25) is 0 Å². The van der Waals surface area contributed by atoms with Gasteiger partial charge in [0.2, 0.25) is 0 Å². The number of hydrogen-bond donors (Lipinski definition) is 2. The van der Waals surface area contributed by atoms with Crippen LogP contribution < -0.4 is 15.8 Å². The highest BCUT2D eigenvalue weighted by molar-refractivity contribution is 6.01. The van der Waals surface area contributed by atoms with Crippen molar-refractivity contribution in [1.29, 1.82) is 0 Å². The third kappa shape index (κ3) is 6.20. The van der Waals surface area contributed by atoms with Gasteiger partial charge in [0.25, 0.3) is 0 Å². The van der Waals surface area contributed by atoms with Gasteiger partial charge in [-0.2, -0.15) is 0 Å². The number of likely N-dealkylation sites (N-methyl/N-ethyl adjacent to an activating group) is 1. The van der Waals surface area contributed by atoms with Crippen LogP contribution in [0.25, 0.3) is 22.2 Å². The van der Waals surface area contributed by atoms with E-state index in [0.29, 0.717) is 31.5 Å². The lowest BCUT2D eigenvalue weighted by atomic mass is 9.80. The molecule has 210 valence electrons. The van der Waals surface area contributed by atoms with Crippen molar-refractivity contribution < 1.29 is 14.3 Å². The first-order chi connectivity index (χ1) is 19.6. The number of rotatable bonds is 12. The first kappa shape index (κ1) is 27.5. The molecule has 1 aliphatic rings. The molecule has 40 heavy (non-hydrogen) atoms. The molecule has 0 bridgehead atoms. The zero-order valence-electron chi connectivity index (χ0n) is 23.3. The molecule has 9 heteroatoms. The molecule has 4 aromatic rings. The lowest BCUT2D eigenvalue weighted by Crippen LogP contribution is -2.38. The zero-order chi connectivity index (χ0) is 27.9. The molecular weight excluding hydrogens is 504 g/mol. The Morgan fingerprint density at radius 2 is 1.80 bits per heavy atom. The number of nitrogens with zero attached hydrogens (tertiary/aromatic N) is 4. The van der Waals surface area contributed by atoms with E-state index in [2.05, 4.69) is 44.8 Å². The molecule has 5 rings (SSSR count). The fraction of sp³-hybridized carbons (Fsp3) is 0.387. The molecule has 9 nitrogen and oxygen atoms in total. The normalized spacial score (nSPS) is 16.6. The van der Waals surface area contributed by atoms with Crippen molar-refractivity contribution in [1.82, 2.24) is 24.8 Å². The van der Waals surface area contributed by atoms with E-state index in [1.54, 1.807) is 0 Å². The minimum Gasteiger partial charge on any atom is -0.488 e. The number of nitrogens with two attached hydrogens (primary N) is 1. The predicted octanol–water partition coefficient (Wildman–Crippen LogP) is 5.28. The van der Waals surface area contributed by atoms with Gasteiger partial charge in [0.15, 0.2) is 0 Å². The summed E-state index contributed by atoms with van der Waals surface area (Å²) in [6, 6.07) is 18.4. The van der Waals surface area contributed by atoms with Gasteiger partial charge in [-0.1, -0.05) is 62.4 Å². The van der Waals surface area contributed by atoms with E-state index < -0.39 is 0 Å². The molecule has 0 unspecified atom stereocenters. The number of ether oxygens (including phenoxy) is 2. The van der Waals surface area contributed by atoms with E-state index in [1.807, 2.05) is 54.6 Å². The van der Waals surface area contributed by atoms with E-state index in [-0.39, 0.29) is 12.1 Å². The molecule has 0 atom stereocenters. The Balaban J connectivity index is 1.26. The molecule has 2 aromatic carbocycles. The van der Waals surface area contributed by atoms with Crippen molar-refractivity contribution in [2.45, 2.75) is 39.3 Å². The molecule has 3 N–H and O–H groups in total. The summed E-state index contributed by atoms with van der Waals surface area (Å²) < 4.78 is 13.8. The minimum absolute atomic E-state index is 0.258. The van der Waals surface area contributed by atoms with Gasteiger partial charge in [-0.3, -0.25) is 0 Å². The summed E-state index contributed by atoms with van der Waals surface area (Å²) in [5, 5.41) is 3.76. The Morgan fingerprint density at radius 3 is 2.58 bits per heavy atom. The predicted molar refractivity (Wildman–Crippen MR) is 157 cm³/mol. The maximum Gasteiger partial charge on any atom is 0.407 e. The highest BCUT2D eigenvalue weighted by Crippen LogP contribution is 2.44. The Kier molecular flexibility index (Phi) is 8.81. The standard InChI is InChI=1S/C31H38N6O3/c1-3-36(4-2)14-15-39-31(38)33-18-23-16-24(17-23)37-19-26(28-29(32)34-21-35-30(28)37)25-12-8-9-13-27(25)40-20-22-10-6-5-7-11-22/h5-13,19,21,23-24H,3-4,14-18,20H2,1-2H3,(H,33,38)(H2,32,34,35). The number of benzene rings is 2. The lowest BCUT2D eigenvalue weighted by Gasteiger charge is -2.36. The number of fused-ring (bicyclic) bond motifs is 1. The number of alkyl carbamates (subject to hydrolysis) is 1. The van der Waals surface area contributed by atoms with Crippen LogP contribution in [0.1, 0.15) is 38.3 Å². The summed E-state index contributed by atoms with van der Waals surface area (Å²) in [6.07, 6.45) is 5.15. The van der Waals surface area contributed by atoms with Crippen LogP contribution in [0.4, 0.5) is 10.6 Å². The fourth-order valence-electron chi connectivity index (χ4n) is 5.32.